The van der Waals surface area contributed by atoms with Gasteiger partial charge in [-0.3, -0.25) is 14.5 Å². The van der Waals surface area contributed by atoms with Gasteiger partial charge in [-0.15, -0.1) is 0 Å². The van der Waals surface area contributed by atoms with Crippen LogP contribution in [0.2, 0.25) is 0 Å². The number of anilines is 1. The molecule has 3 aromatic rings. The van der Waals surface area contributed by atoms with Gasteiger partial charge in [0.1, 0.15) is 29.6 Å². The average Bonchev–Trinajstić information content (AvgIpc) is 3.54. The Bertz CT molecular complexity index is 1590. The Kier molecular flexibility index (Phi) is 10.6. The number of aliphatic hydroxyl groups excluding tert-OH is 1. The van der Waals surface area contributed by atoms with Gasteiger partial charge in [0.05, 0.1) is 31.0 Å². The fourth-order valence-corrected chi connectivity index (χ4v) is 5.53. The lowest BCUT2D eigenvalue weighted by Gasteiger charge is -2.24. The van der Waals surface area contributed by atoms with E-state index in [0.717, 1.165) is 24.2 Å². The Morgan fingerprint density at radius 2 is 1.80 bits per heavy atom. The number of benzene rings is 2. The maximum Gasteiger partial charge on any atom is 0.350 e. The van der Waals surface area contributed by atoms with Gasteiger partial charge < -0.3 is 24.1 Å². The smallest absolute Gasteiger partial charge is 0.350 e. The summed E-state index contributed by atoms with van der Waals surface area (Å²) in [5.41, 5.74) is 0.929. The number of thiazole rings is 1. The van der Waals surface area contributed by atoms with Crippen LogP contribution in [0, 0.1) is 6.92 Å². The Balaban J connectivity index is 1.85. The number of hydrogen-bond acceptors (Lipinski definition) is 10. The molecule has 0 radical (unpaired) electrons. The van der Waals surface area contributed by atoms with Crippen LogP contribution in [0.4, 0.5) is 5.13 Å². The highest BCUT2D eigenvalue weighted by atomic mass is 32.1. The third kappa shape index (κ3) is 6.68. The molecule has 11 heteroatoms. The minimum atomic E-state index is -1.11. The van der Waals surface area contributed by atoms with Gasteiger partial charge in [-0.1, -0.05) is 56.1 Å². The molecular formula is C33H34N2O8S. The molecule has 1 amide bonds. The first-order valence-electron chi connectivity index (χ1n) is 14.0. The molecule has 0 saturated carbocycles. The quantitative estimate of drug-likeness (QED) is 0.0564. The Labute approximate surface area is 259 Å². The zero-order valence-electron chi connectivity index (χ0n) is 24.8. The number of methoxy groups -OCH3 is 1. The van der Waals surface area contributed by atoms with Crippen LogP contribution in [-0.2, 0) is 14.3 Å². The second kappa shape index (κ2) is 14.5. The normalized spacial score (nSPS) is 15.6. The minimum Gasteiger partial charge on any atom is -0.507 e. The number of esters is 1. The molecule has 1 saturated heterocycles. The molecule has 1 aromatic heterocycles. The van der Waals surface area contributed by atoms with Gasteiger partial charge >= 0.3 is 11.9 Å². The van der Waals surface area contributed by atoms with Crippen LogP contribution in [0.25, 0.3) is 5.76 Å². The van der Waals surface area contributed by atoms with Gasteiger partial charge in [-0.2, -0.15) is 0 Å². The Hall–Kier alpha value is -4.90. The summed E-state index contributed by atoms with van der Waals surface area (Å²) in [6.45, 7) is 11.7. The van der Waals surface area contributed by atoms with Gasteiger partial charge in [-0.05, 0) is 55.3 Å². The van der Waals surface area contributed by atoms with Crippen molar-refractivity contribution >= 4 is 39.9 Å². The number of aromatic nitrogens is 1. The van der Waals surface area contributed by atoms with Crippen LogP contribution >= 0.6 is 11.3 Å². The first kappa shape index (κ1) is 32.0. The molecule has 44 heavy (non-hydrogen) atoms. The van der Waals surface area contributed by atoms with E-state index < -0.39 is 23.7 Å². The molecule has 1 N–H and O–H groups in total. The van der Waals surface area contributed by atoms with Gasteiger partial charge in [-0.25, -0.2) is 9.78 Å². The third-order valence-corrected chi connectivity index (χ3v) is 7.84. The maximum absolute atomic E-state index is 13.6. The summed E-state index contributed by atoms with van der Waals surface area (Å²) in [5, 5.41) is 11.6. The number of ether oxygens (including phenoxy) is 4. The Morgan fingerprint density at radius 3 is 2.45 bits per heavy atom. The molecule has 0 aliphatic carbocycles. The number of unbranched alkanes of at least 4 members (excludes halogenated alkanes) is 1. The molecule has 0 bridgehead atoms. The number of nitrogens with zero attached hydrogens (tertiary/aromatic N) is 2. The second-order valence-electron chi connectivity index (χ2n) is 9.70. The highest BCUT2D eigenvalue weighted by molar-refractivity contribution is 7.17. The van der Waals surface area contributed by atoms with Crippen molar-refractivity contribution in [2.24, 2.45) is 0 Å². The van der Waals surface area contributed by atoms with E-state index in [4.69, 9.17) is 18.9 Å². The van der Waals surface area contributed by atoms with Crippen LogP contribution in [0.1, 0.15) is 52.3 Å². The fourth-order valence-electron chi connectivity index (χ4n) is 4.54. The summed E-state index contributed by atoms with van der Waals surface area (Å²) >= 11 is 0.910. The van der Waals surface area contributed by atoms with Crippen molar-refractivity contribution in [2.75, 3.05) is 31.8 Å². The average molecular weight is 619 g/mol. The summed E-state index contributed by atoms with van der Waals surface area (Å²) in [6, 6.07) is 10.4. The summed E-state index contributed by atoms with van der Waals surface area (Å²) < 4.78 is 22.1. The molecule has 1 aliphatic heterocycles. The lowest BCUT2D eigenvalue weighted by molar-refractivity contribution is -0.132. The monoisotopic (exact) mass is 618 g/mol. The van der Waals surface area contributed by atoms with Crippen LogP contribution < -0.4 is 19.1 Å². The molecule has 1 atom stereocenters. The highest BCUT2D eigenvalue weighted by Crippen LogP contribution is 2.45. The molecule has 0 spiro atoms. The number of hydrogen-bond donors (Lipinski definition) is 1. The van der Waals surface area contributed by atoms with Crippen molar-refractivity contribution in [2.45, 2.75) is 32.7 Å². The number of ketones is 1. The number of rotatable bonds is 14. The summed E-state index contributed by atoms with van der Waals surface area (Å²) in [6.07, 6.45) is 4.91. The number of Topliss-reactive ketones (excluding diaryl/α,β-unsaturated/α-hetero) is 1. The van der Waals surface area contributed by atoms with Gasteiger partial charge in [0.25, 0.3) is 5.78 Å². The van der Waals surface area contributed by atoms with E-state index in [9.17, 15) is 19.5 Å². The third-order valence-electron chi connectivity index (χ3n) is 6.71. The van der Waals surface area contributed by atoms with Crippen molar-refractivity contribution in [1.29, 1.82) is 0 Å². The second-order valence-corrected chi connectivity index (χ2v) is 10.7. The van der Waals surface area contributed by atoms with Crippen molar-refractivity contribution in [1.82, 2.24) is 4.98 Å². The van der Waals surface area contributed by atoms with Crippen LogP contribution in [-0.4, -0.2) is 54.7 Å². The van der Waals surface area contributed by atoms with Crippen molar-refractivity contribution in [3.63, 3.8) is 0 Å². The summed E-state index contributed by atoms with van der Waals surface area (Å²) in [4.78, 5) is 45.7. The van der Waals surface area contributed by atoms with E-state index in [2.05, 4.69) is 25.1 Å². The van der Waals surface area contributed by atoms with Gasteiger partial charge in [0.2, 0.25) is 0 Å². The zero-order valence-corrected chi connectivity index (χ0v) is 25.6. The largest absolute Gasteiger partial charge is 0.507 e. The molecule has 2 heterocycles. The van der Waals surface area contributed by atoms with Gasteiger partial charge in [0.15, 0.2) is 16.6 Å². The van der Waals surface area contributed by atoms with Crippen molar-refractivity contribution in [3.05, 3.63) is 95.0 Å². The van der Waals surface area contributed by atoms with Crippen molar-refractivity contribution < 1.29 is 38.4 Å². The van der Waals surface area contributed by atoms with E-state index in [-0.39, 0.29) is 34.6 Å². The predicted octanol–water partition coefficient (Wildman–Crippen LogP) is 6.17. The van der Waals surface area contributed by atoms with E-state index >= 15 is 0 Å². The standard InChI is InChI=1S/C33H34N2O8S/c1-6-9-18-41-23-13-10-21(11-14-23)28(36)26-27(22-12-15-24(42-16-7-2)25(19-22)40-5)35(31(38)29(26)37)33-34-20(4)30(44-33)32(39)43-17-8-3/h7-8,10-15,19,27,36H,2-3,6,9,16-18H2,1,4-5H3/t27-/m0/s1. The van der Waals surface area contributed by atoms with Crippen LogP contribution in [0.3, 0.4) is 0 Å². The van der Waals surface area contributed by atoms with E-state index in [1.807, 2.05) is 0 Å². The first-order valence-corrected chi connectivity index (χ1v) is 14.8. The molecule has 230 valence electrons. The SMILES string of the molecule is C=CCOC(=O)c1sc(N2C(=O)C(=O)C(=C(O)c3ccc(OCCCC)cc3)[C@@H]2c2ccc(OCC=C)c(OC)c2)nc1C. The number of carbonyl (C=O) groups is 3. The summed E-state index contributed by atoms with van der Waals surface area (Å²) in [5.74, 6) is -1.46. The molecule has 2 aromatic carbocycles. The van der Waals surface area contributed by atoms with Crippen LogP contribution in [0.5, 0.6) is 17.2 Å². The van der Waals surface area contributed by atoms with Crippen molar-refractivity contribution in [3.8, 4) is 17.2 Å². The number of aryl methyl sites for hydroxylation is 1. The molecule has 4 rings (SSSR count). The molecule has 1 aliphatic rings. The minimum absolute atomic E-state index is 0.00147. The van der Waals surface area contributed by atoms with E-state index in [1.54, 1.807) is 55.5 Å². The fraction of sp³-hybridized carbons (Fsp3) is 0.273. The molecule has 10 nitrogen and oxygen atoms in total. The number of carbonyl (C=O) groups excluding carboxylic acids is 3. The predicted molar refractivity (Wildman–Crippen MR) is 168 cm³/mol. The highest BCUT2D eigenvalue weighted by Gasteiger charge is 2.48. The first-order chi connectivity index (χ1) is 21.2. The lowest BCUT2D eigenvalue weighted by Crippen LogP contribution is -2.29. The van der Waals surface area contributed by atoms with Crippen LogP contribution in [0.15, 0.2) is 73.3 Å². The lowest BCUT2D eigenvalue weighted by atomic mass is 9.95. The van der Waals surface area contributed by atoms with E-state index in [0.29, 0.717) is 40.7 Å². The molecule has 0 unspecified atom stereocenters. The van der Waals surface area contributed by atoms with E-state index in [1.165, 1.54) is 18.1 Å². The maximum atomic E-state index is 13.6. The summed E-state index contributed by atoms with van der Waals surface area (Å²) in [7, 11) is 1.46. The number of aliphatic hydroxyl groups is 1. The van der Waals surface area contributed by atoms with Gasteiger partial charge in [0, 0.05) is 5.56 Å². The Morgan fingerprint density at radius 1 is 1.07 bits per heavy atom. The topological polar surface area (TPSA) is 124 Å². The molecule has 1 fully saturated rings. The number of amides is 1. The molecular weight excluding hydrogens is 584 g/mol. The zero-order chi connectivity index (χ0) is 31.8.